The maximum atomic E-state index is 12.1. The van der Waals surface area contributed by atoms with E-state index in [1.54, 1.807) is 31.3 Å². The van der Waals surface area contributed by atoms with E-state index < -0.39 is 0 Å². The minimum atomic E-state index is -0.151. The van der Waals surface area contributed by atoms with Gasteiger partial charge in [-0.25, -0.2) is 0 Å². The highest BCUT2D eigenvalue weighted by atomic mass is 16.2. The number of hydrogen-bond donors (Lipinski definition) is 3. The molecule has 0 aliphatic carbocycles. The number of nitrogens with one attached hydrogen (secondary N) is 3. The van der Waals surface area contributed by atoms with Crippen molar-refractivity contribution in [3.8, 4) is 0 Å². The summed E-state index contributed by atoms with van der Waals surface area (Å²) < 4.78 is 0. The highest BCUT2D eigenvalue weighted by molar-refractivity contribution is 5.97. The van der Waals surface area contributed by atoms with Gasteiger partial charge in [-0.05, 0) is 31.0 Å². The first-order chi connectivity index (χ1) is 10.1. The first-order valence-electron chi connectivity index (χ1n) is 7.54. The zero-order chi connectivity index (χ0) is 15.2. The van der Waals surface area contributed by atoms with E-state index in [2.05, 4.69) is 17.6 Å². The fraction of sp³-hybridized carbons (Fsp3) is 0.500. The van der Waals surface area contributed by atoms with Crippen LogP contribution in [0.15, 0.2) is 24.3 Å². The molecule has 0 bridgehead atoms. The Balaban J connectivity index is 1.91. The fourth-order valence-corrected chi connectivity index (χ4v) is 2.87. The average molecular weight is 290 g/mol. The van der Waals surface area contributed by atoms with Crippen molar-refractivity contribution in [1.82, 2.24) is 5.32 Å². The van der Waals surface area contributed by atoms with E-state index in [1.807, 2.05) is 0 Å². The third-order valence-electron chi connectivity index (χ3n) is 3.91. The Bertz CT molecular complexity index is 516. The van der Waals surface area contributed by atoms with Crippen molar-refractivity contribution in [2.24, 2.45) is 5.92 Å². The van der Waals surface area contributed by atoms with E-state index in [1.165, 1.54) is 17.7 Å². The lowest BCUT2D eigenvalue weighted by molar-refractivity contribution is -0.900. The van der Waals surface area contributed by atoms with Crippen LogP contribution in [0.25, 0.3) is 0 Å². The van der Waals surface area contributed by atoms with Crippen LogP contribution in [0.5, 0.6) is 0 Å². The molecule has 2 atom stereocenters. The highest BCUT2D eigenvalue weighted by Gasteiger charge is 2.22. The number of carbonyl (C=O) groups excluding carboxylic acids is 2. The average Bonchev–Trinajstić information content (AvgIpc) is 2.46. The van der Waals surface area contributed by atoms with Crippen LogP contribution in [0.1, 0.15) is 30.1 Å². The molecule has 0 radical (unpaired) electrons. The van der Waals surface area contributed by atoms with Gasteiger partial charge in [0.2, 0.25) is 0 Å². The zero-order valence-corrected chi connectivity index (χ0v) is 12.7. The van der Waals surface area contributed by atoms with Gasteiger partial charge in [-0.15, -0.1) is 0 Å². The van der Waals surface area contributed by atoms with Gasteiger partial charge in [-0.3, -0.25) is 9.59 Å². The third-order valence-corrected chi connectivity index (χ3v) is 3.91. The van der Waals surface area contributed by atoms with E-state index in [-0.39, 0.29) is 11.8 Å². The Morgan fingerprint density at radius 3 is 2.90 bits per heavy atom. The van der Waals surface area contributed by atoms with Gasteiger partial charge in [-0.2, -0.15) is 0 Å². The van der Waals surface area contributed by atoms with Crippen molar-refractivity contribution in [2.45, 2.75) is 19.8 Å². The number of anilines is 1. The summed E-state index contributed by atoms with van der Waals surface area (Å²) in [6, 6.07) is 7.01. The number of quaternary nitrogens is 1. The van der Waals surface area contributed by atoms with E-state index in [0.29, 0.717) is 23.7 Å². The molecule has 0 saturated carbocycles. The van der Waals surface area contributed by atoms with Gasteiger partial charge in [0.15, 0.2) is 6.54 Å². The number of hydrogen-bond acceptors (Lipinski definition) is 2. The van der Waals surface area contributed by atoms with Crippen molar-refractivity contribution in [1.29, 1.82) is 0 Å². The Morgan fingerprint density at radius 2 is 2.19 bits per heavy atom. The molecule has 0 spiro atoms. The molecule has 5 nitrogen and oxygen atoms in total. The molecule has 1 aromatic carbocycles. The quantitative estimate of drug-likeness (QED) is 0.747. The SMILES string of the molecule is CNC(=O)c1cccc(NC(=O)C[NH+]2CCC[C@@H](C)C2)c1. The largest absolute Gasteiger partial charge is 0.355 e. The Morgan fingerprint density at radius 1 is 1.38 bits per heavy atom. The van der Waals surface area contributed by atoms with E-state index >= 15 is 0 Å². The standard InChI is InChI=1S/C16H23N3O2/c1-12-5-4-8-19(10-12)11-15(20)18-14-7-3-6-13(9-14)16(21)17-2/h3,6-7,9,12H,4-5,8,10-11H2,1-2H3,(H,17,21)(H,18,20)/p+1/t12-/m1/s1. The molecule has 1 saturated heterocycles. The molecule has 1 aromatic rings. The van der Waals surface area contributed by atoms with Crippen molar-refractivity contribution >= 4 is 17.5 Å². The predicted octanol–water partition coefficient (Wildman–Crippen LogP) is 0.300. The molecule has 1 aliphatic heterocycles. The molecule has 2 amide bonds. The van der Waals surface area contributed by atoms with Gasteiger partial charge < -0.3 is 15.5 Å². The second kappa shape index (κ2) is 7.22. The van der Waals surface area contributed by atoms with Crippen molar-refractivity contribution < 1.29 is 14.5 Å². The summed E-state index contributed by atoms with van der Waals surface area (Å²) in [4.78, 5) is 25.0. The molecule has 5 heteroatoms. The molecule has 3 N–H and O–H groups in total. The normalized spacial score (nSPS) is 21.6. The van der Waals surface area contributed by atoms with E-state index in [4.69, 9.17) is 0 Å². The maximum Gasteiger partial charge on any atom is 0.279 e. The van der Waals surface area contributed by atoms with Gasteiger partial charge >= 0.3 is 0 Å². The molecule has 1 unspecified atom stereocenters. The molecular formula is C16H24N3O2+. The first-order valence-corrected chi connectivity index (χ1v) is 7.54. The zero-order valence-electron chi connectivity index (χ0n) is 12.7. The molecular weight excluding hydrogens is 266 g/mol. The Kier molecular flexibility index (Phi) is 5.33. The van der Waals surface area contributed by atoms with Gasteiger partial charge in [0.05, 0.1) is 13.1 Å². The number of likely N-dealkylation sites (tertiary alicyclic amines) is 1. The number of rotatable bonds is 4. The highest BCUT2D eigenvalue weighted by Crippen LogP contribution is 2.10. The lowest BCUT2D eigenvalue weighted by Crippen LogP contribution is -3.14. The minimum absolute atomic E-state index is 0.00755. The second-order valence-electron chi connectivity index (χ2n) is 5.84. The molecule has 2 rings (SSSR count). The number of piperidine rings is 1. The summed E-state index contributed by atoms with van der Waals surface area (Å²) in [7, 11) is 1.59. The summed E-state index contributed by atoms with van der Waals surface area (Å²) in [6.45, 7) is 4.86. The van der Waals surface area contributed by atoms with Gasteiger partial charge in [0.1, 0.15) is 0 Å². The molecule has 1 heterocycles. The van der Waals surface area contributed by atoms with Crippen LogP contribution in [0.2, 0.25) is 0 Å². The van der Waals surface area contributed by atoms with Crippen LogP contribution in [0.3, 0.4) is 0 Å². The summed E-state index contributed by atoms with van der Waals surface area (Å²) in [6.07, 6.45) is 2.45. The van der Waals surface area contributed by atoms with Crippen LogP contribution in [0.4, 0.5) is 5.69 Å². The predicted molar refractivity (Wildman–Crippen MR) is 82.4 cm³/mol. The summed E-state index contributed by atoms with van der Waals surface area (Å²) in [5.41, 5.74) is 1.22. The molecule has 1 aliphatic rings. The van der Waals surface area contributed by atoms with Gasteiger partial charge in [0.25, 0.3) is 11.8 Å². The number of amides is 2. The maximum absolute atomic E-state index is 12.1. The van der Waals surface area contributed by atoms with Crippen molar-refractivity contribution in [3.05, 3.63) is 29.8 Å². The van der Waals surface area contributed by atoms with Gasteiger partial charge in [0, 0.05) is 24.2 Å². The van der Waals surface area contributed by atoms with Crippen LogP contribution >= 0.6 is 0 Å². The number of carbonyl (C=O) groups is 2. The van der Waals surface area contributed by atoms with Crippen LogP contribution in [-0.4, -0.2) is 38.5 Å². The first kappa shape index (κ1) is 15.5. The summed E-state index contributed by atoms with van der Waals surface area (Å²) in [5.74, 6) is 0.549. The smallest absolute Gasteiger partial charge is 0.279 e. The topological polar surface area (TPSA) is 62.6 Å². The van der Waals surface area contributed by atoms with Crippen molar-refractivity contribution in [3.63, 3.8) is 0 Å². The van der Waals surface area contributed by atoms with E-state index in [9.17, 15) is 9.59 Å². The fourth-order valence-electron chi connectivity index (χ4n) is 2.87. The number of benzene rings is 1. The third kappa shape index (κ3) is 4.56. The second-order valence-corrected chi connectivity index (χ2v) is 5.84. The van der Waals surface area contributed by atoms with Crippen molar-refractivity contribution in [2.75, 3.05) is 32.0 Å². The molecule has 21 heavy (non-hydrogen) atoms. The Labute approximate surface area is 125 Å². The lowest BCUT2D eigenvalue weighted by Gasteiger charge is -2.27. The summed E-state index contributed by atoms with van der Waals surface area (Å²) in [5, 5.41) is 5.46. The lowest BCUT2D eigenvalue weighted by atomic mass is 10.0. The van der Waals surface area contributed by atoms with Crippen LogP contribution in [0, 0.1) is 5.92 Å². The Hall–Kier alpha value is -1.88. The molecule has 0 aromatic heterocycles. The van der Waals surface area contributed by atoms with E-state index in [0.717, 1.165) is 13.1 Å². The molecule has 1 fully saturated rings. The minimum Gasteiger partial charge on any atom is -0.355 e. The van der Waals surface area contributed by atoms with Gasteiger partial charge in [-0.1, -0.05) is 13.0 Å². The summed E-state index contributed by atoms with van der Waals surface area (Å²) >= 11 is 0. The van der Waals surface area contributed by atoms with Crippen LogP contribution < -0.4 is 15.5 Å². The van der Waals surface area contributed by atoms with Crippen LogP contribution in [-0.2, 0) is 4.79 Å². The monoisotopic (exact) mass is 290 g/mol. The molecule has 114 valence electrons.